The lowest BCUT2D eigenvalue weighted by Gasteiger charge is -2.14. The van der Waals surface area contributed by atoms with E-state index in [1.165, 1.54) is 0 Å². The zero-order valence-corrected chi connectivity index (χ0v) is 14.6. The van der Waals surface area contributed by atoms with E-state index in [9.17, 15) is 4.79 Å². The number of ether oxygens (including phenoxy) is 2. The quantitative estimate of drug-likeness (QED) is 0.860. The van der Waals surface area contributed by atoms with Crippen LogP contribution in [0.15, 0.2) is 30.3 Å². The van der Waals surface area contributed by atoms with Crippen LogP contribution < -0.4 is 14.8 Å². The van der Waals surface area contributed by atoms with Gasteiger partial charge in [0.05, 0.1) is 20.6 Å². The Morgan fingerprint density at radius 2 is 1.74 bits per heavy atom. The van der Waals surface area contributed by atoms with Crippen molar-refractivity contribution in [3.8, 4) is 11.5 Å². The lowest BCUT2D eigenvalue weighted by Crippen LogP contribution is -2.15. The van der Waals surface area contributed by atoms with Crippen molar-refractivity contribution in [3.63, 3.8) is 0 Å². The lowest BCUT2D eigenvalue weighted by atomic mass is 10.1. The van der Waals surface area contributed by atoms with Crippen LogP contribution in [-0.4, -0.2) is 20.1 Å². The van der Waals surface area contributed by atoms with Crippen LogP contribution in [0.25, 0.3) is 0 Å². The molecule has 0 fully saturated rings. The molecular weight excluding hydrogens is 337 g/mol. The van der Waals surface area contributed by atoms with Gasteiger partial charge >= 0.3 is 0 Å². The number of carbonyl (C=O) groups is 1. The van der Waals surface area contributed by atoms with Crippen molar-refractivity contribution >= 4 is 34.8 Å². The number of hydrogen-bond acceptors (Lipinski definition) is 3. The Labute approximate surface area is 145 Å². The van der Waals surface area contributed by atoms with Gasteiger partial charge in [0.2, 0.25) is 5.91 Å². The summed E-state index contributed by atoms with van der Waals surface area (Å²) in [5.41, 5.74) is 2.25. The highest BCUT2D eigenvalue weighted by molar-refractivity contribution is 6.35. The highest BCUT2D eigenvalue weighted by atomic mass is 35.5. The number of methoxy groups -OCH3 is 2. The molecule has 0 aliphatic carbocycles. The third-order valence-electron chi connectivity index (χ3n) is 3.37. The van der Waals surface area contributed by atoms with Crippen molar-refractivity contribution < 1.29 is 14.3 Å². The summed E-state index contributed by atoms with van der Waals surface area (Å²) in [5, 5.41) is 3.87. The van der Waals surface area contributed by atoms with Gasteiger partial charge in [-0.15, -0.1) is 0 Å². The topological polar surface area (TPSA) is 47.6 Å². The first-order valence-electron chi connectivity index (χ1n) is 6.91. The fraction of sp³-hybridized carbons (Fsp3) is 0.235. The van der Waals surface area contributed by atoms with Gasteiger partial charge in [-0.05, 0) is 36.2 Å². The van der Waals surface area contributed by atoms with E-state index in [1.54, 1.807) is 38.5 Å². The van der Waals surface area contributed by atoms with Crippen LogP contribution in [0.4, 0.5) is 5.69 Å². The SMILES string of the molecule is COc1cc(C)c(NC(=O)Cc2ccc(Cl)cc2Cl)cc1OC. The van der Waals surface area contributed by atoms with Crippen LogP contribution in [0.5, 0.6) is 11.5 Å². The molecule has 0 atom stereocenters. The van der Waals surface area contributed by atoms with E-state index in [1.807, 2.05) is 13.0 Å². The second kappa shape index (κ2) is 7.57. The van der Waals surface area contributed by atoms with Crippen molar-refractivity contribution in [2.75, 3.05) is 19.5 Å². The molecule has 0 aliphatic heterocycles. The Kier molecular flexibility index (Phi) is 5.74. The molecule has 0 heterocycles. The van der Waals surface area contributed by atoms with Gasteiger partial charge in [-0.25, -0.2) is 0 Å². The molecule has 0 radical (unpaired) electrons. The lowest BCUT2D eigenvalue weighted by molar-refractivity contribution is -0.115. The van der Waals surface area contributed by atoms with Crippen molar-refractivity contribution in [2.45, 2.75) is 13.3 Å². The molecule has 1 N–H and O–H groups in total. The highest BCUT2D eigenvalue weighted by Crippen LogP contribution is 2.33. The van der Waals surface area contributed by atoms with Gasteiger partial charge in [0.1, 0.15) is 0 Å². The molecule has 0 saturated carbocycles. The van der Waals surface area contributed by atoms with Gasteiger partial charge in [-0.1, -0.05) is 29.3 Å². The smallest absolute Gasteiger partial charge is 0.228 e. The molecule has 0 unspecified atom stereocenters. The maximum Gasteiger partial charge on any atom is 0.228 e. The molecule has 23 heavy (non-hydrogen) atoms. The number of amides is 1. The first-order chi connectivity index (χ1) is 10.9. The molecule has 0 bridgehead atoms. The fourth-order valence-electron chi connectivity index (χ4n) is 2.15. The summed E-state index contributed by atoms with van der Waals surface area (Å²) < 4.78 is 10.5. The van der Waals surface area contributed by atoms with Crippen LogP contribution in [0.3, 0.4) is 0 Å². The van der Waals surface area contributed by atoms with Gasteiger partial charge in [0.25, 0.3) is 0 Å². The number of benzene rings is 2. The minimum absolute atomic E-state index is 0.157. The summed E-state index contributed by atoms with van der Waals surface area (Å²) in [6.45, 7) is 1.88. The zero-order chi connectivity index (χ0) is 17.0. The Morgan fingerprint density at radius 3 is 2.35 bits per heavy atom. The summed E-state index contributed by atoms with van der Waals surface area (Å²) in [6.07, 6.45) is 0.157. The molecule has 0 aromatic heterocycles. The summed E-state index contributed by atoms with van der Waals surface area (Å²) in [4.78, 5) is 12.3. The number of hydrogen-bond donors (Lipinski definition) is 1. The first kappa shape index (κ1) is 17.4. The van der Waals surface area contributed by atoms with E-state index in [0.717, 1.165) is 5.56 Å². The van der Waals surface area contributed by atoms with Gasteiger partial charge in [-0.3, -0.25) is 4.79 Å². The Morgan fingerprint density at radius 1 is 1.09 bits per heavy atom. The molecule has 122 valence electrons. The Bertz CT molecular complexity index is 732. The minimum Gasteiger partial charge on any atom is -0.493 e. The number of rotatable bonds is 5. The molecule has 0 saturated heterocycles. The summed E-state index contributed by atoms with van der Waals surface area (Å²) in [5.74, 6) is 0.992. The van der Waals surface area contributed by atoms with Gasteiger partial charge < -0.3 is 14.8 Å². The highest BCUT2D eigenvalue weighted by Gasteiger charge is 2.12. The Balaban J connectivity index is 2.17. The number of nitrogens with one attached hydrogen (secondary N) is 1. The number of halogens is 2. The summed E-state index contributed by atoms with van der Waals surface area (Å²) in [7, 11) is 3.12. The zero-order valence-electron chi connectivity index (χ0n) is 13.1. The van der Waals surface area contributed by atoms with E-state index in [-0.39, 0.29) is 12.3 Å². The predicted molar refractivity (Wildman–Crippen MR) is 93.1 cm³/mol. The van der Waals surface area contributed by atoms with Crippen LogP contribution in [0.2, 0.25) is 10.0 Å². The molecule has 1 amide bonds. The minimum atomic E-state index is -0.176. The summed E-state index contributed by atoms with van der Waals surface area (Å²) >= 11 is 11.9. The molecular formula is C17H17Cl2NO3. The van der Waals surface area contributed by atoms with Gasteiger partial charge in [0.15, 0.2) is 11.5 Å². The molecule has 2 rings (SSSR count). The number of aryl methyl sites for hydroxylation is 1. The van der Waals surface area contributed by atoms with Crippen LogP contribution >= 0.6 is 23.2 Å². The largest absolute Gasteiger partial charge is 0.493 e. The van der Waals surface area contributed by atoms with Crippen molar-refractivity contribution in [1.29, 1.82) is 0 Å². The van der Waals surface area contributed by atoms with Crippen molar-refractivity contribution in [2.24, 2.45) is 0 Å². The number of carbonyl (C=O) groups excluding carboxylic acids is 1. The normalized spacial score (nSPS) is 10.3. The average molecular weight is 354 g/mol. The third-order valence-corrected chi connectivity index (χ3v) is 3.96. The monoisotopic (exact) mass is 353 g/mol. The van der Waals surface area contributed by atoms with Crippen LogP contribution in [-0.2, 0) is 11.2 Å². The number of anilines is 1. The first-order valence-corrected chi connectivity index (χ1v) is 7.66. The second-order valence-corrected chi connectivity index (χ2v) is 5.83. The van der Waals surface area contributed by atoms with E-state index < -0.39 is 0 Å². The summed E-state index contributed by atoms with van der Waals surface area (Å²) in [6, 6.07) is 8.61. The standard InChI is InChI=1S/C17H17Cl2NO3/c1-10-6-15(22-2)16(23-3)9-14(10)20-17(21)7-11-4-5-12(18)8-13(11)19/h4-6,8-9H,7H2,1-3H3,(H,20,21). The molecule has 0 spiro atoms. The maximum atomic E-state index is 12.3. The van der Waals surface area contributed by atoms with Gasteiger partial charge in [-0.2, -0.15) is 0 Å². The van der Waals surface area contributed by atoms with E-state index in [0.29, 0.717) is 32.8 Å². The van der Waals surface area contributed by atoms with Crippen LogP contribution in [0.1, 0.15) is 11.1 Å². The Hall–Kier alpha value is -1.91. The van der Waals surface area contributed by atoms with E-state index in [2.05, 4.69) is 5.32 Å². The van der Waals surface area contributed by atoms with Gasteiger partial charge in [0, 0.05) is 21.8 Å². The molecule has 0 aliphatic rings. The average Bonchev–Trinajstić information content (AvgIpc) is 2.51. The fourth-order valence-corrected chi connectivity index (χ4v) is 2.62. The predicted octanol–water partition coefficient (Wildman–Crippen LogP) is 4.50. The molecule has 4 nitrogen and oxygen atoms in total. The van der Waals surface area contributed by atoms with Crippen molar-refractivity contribution in [1.82, 2.24) is 0 Å². The molecule has 2 aromatic rings. The molecule has 2 aromatic carbocycles. The molecule has 6 heteroatoms. The second-order valence-electron chi connectivity index (χ2n) is 4.98. The third kappa shape index (κ3) is 4.30. The maximum absolute atomic E-state index is 12.3. The van der Waals surface area contributed by atoms with Crippen LogP contribution in [0, 0.1) is 6.92 Å². The van der Waals surface area contributed by atoms with Crippen molar-refractivity contribution in [3.05, 3.63) is 51.5 Å². The van der Waals surface area contributed by atoms with E-state index >= 15 is 0 Å². The van der Waals surface area contributed by atoms with E-state index in [4.69, 9.17) is 32.7 Å².